The fraction of sp³-hybridized carbons (Fsp3) is 0.857. The molecule has 0 aromatic heterocycles. The van der Waals surface area contributed by atoms with Gasteiger partial charge in [-0.2, -0.15) is 0 Å². The lowest BCUT2D eigenvalue weighted by Gasteiger charge is -2.22. The van der Waals surface area contributed by atoms with E-state index < -0.39 is 36.3 Å². The van der Waals surface area contributed by atoms with E-state index in [0.717, 1.165) is 0 Å². The fourth-order valence-electron chi connectivity index (χ4n) is 1.82. The Morgan fingerprint density at radius 1 is 1.24 bits per heavy atom. The second-order valence-electron chi connectivity index (χ2n) is 5.93. The highest BCUT2D eigenvalue weighted by Gasteiger charge is 2.22. The highest BCUT2D eigenvalue weighted by atomic mass is 19.3. The number of carbonyl (C=O) groups is 2. The van der Waals surface area contributed by atoms with E-state index in [0.29, 0.717) is 25.7 Å². The number of amides is 1. The molecule has 2 atom stereocenters. The van der Waals surface area contributed by atoms with Crippen molar-refractivity contribution in [3.05, 3.63) is 0 Å². The Bertz CT molecular complexity index is 331. The molecule has 0 bridgehead atoms. The lowest BCUT2D eigenvalue weighted by Crippen LogP contribution is -2.40. The van der Waals surface area contributed by atoms with Crippen LogP contribution in [0.4, 0.5) is 13.7 Å². The minimum atomic E-state index is -0.908. The molecule has 21 heavy (non-hydrogen) atoms. The second-order valence-corrected chi connectivity index (χ2v) is 5.93. The third-order valence-corrected chi connectivity index (χ3v) is 2.91. The van der Waals surface area contributed by atoms with Gasteiger partial charge in [0.1, 0.15) is 12.3 Å². The maximum atomic E-state index is 12.9. The van der Waals surface area contributed by atoms with Crippen molar-refractivity contribution in [3.63, 3.8) is 0 Å². The first-order valence-electron chi connectivity index (χ1n) is 7.11. The zero-order chi connectivity index (χ0) is 16.5. The molecule has 5 nitrogen and oxygen atoms in total. The molecule has 0 fully saturated rings. The summed E-state index contributed by atoms with van der Waals surface area (Å²) in [5.41, 5.74) is -0.650. The van der Waals surface area contributed by atoms with Gasteiger partial charge in [-0.1, -0.05) is 13.3 Å². The smallest absolute Gasteiger partial charge is 0.407 e. The van der Waals surface area contributed by atoms with Crippen molar-refractivity contribution in [1.29, 1.82) is 0 Å². The molecule has 0 saturated carbocycles. The summed E-state index contributed by atoms with van der Waals surface area (Å²) < 4.78 is 29.7. The fourth-order valence-corrected chi connectivity index (χ4v) is 1.82. The molecular weight excluding hydrogens is 284 g/mol. The molecule has 7 heteroatoms. The Morgan fingerprint density at radius 3 is 2.29 bits per heavy atom. The molecular formula is C14H25F2NO4. The normalized spacial score (nSPS) is 14.2. The van der Waals surface area contributed by atoms with Crippen LogP contribution in [-0.2, 0) is 14.5 Å². The van der Waals surface area contributed by atoms with Crippen LogP contribution in [0.3, 0.4) is 0 Å². The summed E-state index contributed by atoms with van der Waals surface area (Å²) in [5.74, 6) is -1.45. The number of hydrogen-bond donors (Lipinski definition) is 1. The summed E-state index contributed by atoms with van der Waals surface area (Å²) in [6, 6.07) is -0.682. The van der Waals surface area contributed by atoms with E-state index in [4.69, 9.17) is 4.74 Å². The first-order valence-corrected chi connectivity index (χ1v) is 7.11. The van der Waals surface area contributed by atoms with Gasteiger partial charge in [0.05, 0.1) is 12.0 Å². The Hall–Kier alpha value is -1.40. The molecule has 0 rings (SSSR count). The third-order valence-electron chi connectivity index (χ3n) is 2.91. The molecule has 0 aliphatic heterocycles. The Morgan fingerprint density at radius 2 is 1.86 bits per heavy atom. The van der Waals surface area contributed by atoms with Crippen molar-refractivity contribution >= 4 is 12.1 Å². The lowest BCUT2D eigenvalue weighted by atomic mass is 9.98. The van der Waals surface area contributed by atoms with Crippen molar-refractivity contribution in [2.75, 3.05) is 6.67 Å². The average molecular weight is 309 g/mol. The van der Waals surface area contributed by atoms with Crippen LogP contribution in [0.1, 0.15) is 53.4 Å². The van der Waals surface area contributed by atoms with Gasteiger partial charge in [-0.05, 0) is 40.0 Å². The topological polar surface area (TPSA) is 64.6 Å². The quantitative estimate of drug-likeness (QED) is 0.745. The highest BCUT2D eigenvalue weighted by Crippen LogP contribution is 2.16. The number of ether oxygens (including phenoxy) is 1. The van der Waals surface area contributed by atoms with Crippen LogP contribution in [0, 0.1) is 5.92 Å². The standard InChI is InChI=1S/C14H25F2NO4/c1-5-10(12(18)21-16)7-6-8-11(9-15)17-13(19)20-14(2,3)4/h10-11H,5-9H2,1-4H3,(H,17,19). The van der Waals surface area contributed by atoms with Crippen LogP contribution in [-0.4, -0.2) is 30.4 Å². The first kappa shape index (κ1) is 19.6. The number of halogens is 2. The largest absolute Gasteiger partial charge is 0.444 e. The van der Waals surface area contributed by atoms with Gasteiger partial charge in [-0.25, -0.2) is 14.0 Å². The predicted octanol–water partition coefficient (Wildman–Crippen LogP) is 3.47. The van der Waals surface area contributed by atoms with Crippen LogP contribution in [0.2, 0.25) is 0 Å². The summed E-state index contributed by atoms with van der Waals surface area (Å²) in [7, 11) is 0. The van der Waals surface area contributed by atoms with Crippen LogP contribution in [0.5, 0.6) is 0 Å². The van der Waals surface area contributed by atoms with Crippen LogP contribution in [0.15, 0.2) is 0 Å². The number of alkyl halides is 1. The minimum absolute atomic E-state index is 0.339. The molecule has 0 aliphatic rings. The number of carbonyl (C=O) groups excluding carboxylic acids is 2. The Kier molecular flexibility index (Phi) is 8.89. The molecule has 0 spiro atoms. The summed E-state index contributed by atoms with van der Waals surface area (Å²) in [6.07, 6.45) is 0.957. The molecule has 2 unspecified atom stereocenters. The monoisotopic (exact) mass is 309 g/mol. The van der Waals surface area contributed by atoms with Gasteiger partial charge >= 0.3 is 12.1 Å². The maximum absolute atomic E-state index is 12.9. The molecule has 0 aromatic rings. The van der Waals surface area contributed by atoms with Crippen molar-refractivity contribution in [2.45, 2.75) is 65.0 Å². The van der Waals surface area contributed by atoms with Crippen molar-refractivity contribution in [3.8, 4) is 0 Å². The van der Waals surface area contributed by atoms with E-state index in [9.17, 15) is 18.5 Å². The van der Waals surface area contributed by atoms with E-state index in [1.165, 1.54) is 0 Å². The lowest BCUT2D eigenvalue weighted by molar-refractivity contribution is -0.189. The number of hydrogen-bond acceptors (Lipinski definition) is 4. The van der Waals surface area contributed by atoms with E-state index in [1.54, 1.807) is 27.7 Å². The molecule has 124 valence electrons. The van der Waals surface area contributed by atoms with Crippen LogP contribution < -0.4 is 5.32 Å². The number of alkyl carbamates (subject to hydrolysis) is 1. The Balaban J connectivity index is 4.15. The molecule has 0 heterocycles. The Labute approximate surface area is 124 Å². The van der Waals surface area contributed by atoms with Crippen molar-refractivity contribution < 1.29 is 28.2 Å². The van der Waals surface area contributed by atoms with Crippen LogP contribution >= 0.6 is 0 Å². The van der Waals surface area contributed by atoms with E-state index in [1.807, 2.05) is 0 Å². The van der Waals surface area contributed by atoms with Gasteiger partial charge < -0.3 is 10.1 Å². The maximum Gasteiger partial charge on any atom is 0.407 e. The van der Waals surface area contributed by atoms with E-state index >= 15 is 0 Å². The van der Waals surface area contributed by atoms with Crippen molar-refractivity contribution in [1.82, 2.24) is 5.32 Å². The van der Waals surface area contributed by atoms with Gasteiger partial charge in [0, 0.05) is 4.53 Å². The van der Waals surface area contributed by atoms with E-state index in [-0.39, 0.29) is 0 Å². The molecule has 0 radical (unpaired) electrons. The molecule has 0 aliphatic carbocycles. The molecule has 1 N–H and O–H groups in total. The first-order chi connectivity index (χ1) is 9.73. The zero-order valence-corrected chi connectivity index (χ0v) is 13.1. The number of rotatable bonds is 8. The zero-order valence-electron chi connectivity index (χ0n) is 13.1. The van der Waals surface area contributed by atoms with Gasteiger partial charge in [-0.3, -0.25) is 4.94 Å². The SMILES string of the molecule is CCC(CCCC(CF)NC(=O)OC(C)(C)C)C(=O)OF. The average Bonchev–Trinajstić information content (AvgIpc) is 2.39. The predicted molar refractivity (Wildman–Crippen MR) is 74.0 cm³/mol. The summed E-state index contributed by atoms with van der Waals surface area (Å²) in [5, 5.41) is 2.43. The second kappa shape index (κ2) is 9.52. The van der Waals surface area contributed by atoms with E-state index in [2.05, 4.69) is 10.3 Å². The van der Waals surface area contributed by atoms with Crippen molar-refractivity contribution in [2.24, 2.45) is 5.92 Å². The molecule has 0 saturated heterocycles. The minimum Gasteiger partial charge on any atom is -0.444 e. The molecule has 0 aromatic carbocycles. The van der Waals surface area contributed by atoms with Crippen LogP contribution in [0.25, 0.3) is 0 Å². The van der Waals surface area contributed by atoms with Gasteiger partial charge in [-0.15, -0.1) is 0 Å². The summed E-state index contributed by atoms with van der Waals surface area (Å²) in [6.45, 7) is 6.15. The third kappa shape index (κ3) is 9.20. The highest BCUT2D eigenvalue weighted by molar-refractivity contribution is 5.71. The van der Waals surface area contributed by atoms with Gasteiger partial charge in [0.25, 0.3) is 0 Å². The molecule has 1 amide bonds. The summed E-state index contributed by atoms with van der Waals surface area (Å²) >= 11 is 0. The van der Waals surface area contributed by atoms with Gasteiger partial charge in [0.2, 0.25) is 0 Å². The number of nitrogens with one attached hydrogen (secondary N) is 1. The van der Waals surface area contributed by atoms with Gasteiger partial charge in [0.15, 0.2) is 0 Å². The summed E-state index contributed by atoms with van der Waals surface area (Å²) in [4.78, 5) is 25.8.